The zero-order chi connectivity index (χ0) is 14.6. The van der Waals surface area contributed by atoms with Crippen LogP contribution in [0.3, 0.4) is 0 Å². The third kappa shape index (κ3) is 6.14. The van der Waals surface area contributed by atoms with Gasteiger partial charge in [0.2, 0.25) is 0 Å². The minimum atomic E-state index is -1.62. The zero-order valence-corrected chi connectivity index (χ0v) is 14.6. The molecule has 0 radical (unpaired) electrons. The average molecular weight is 273 g/mol. The molecule has 0 aliphatic heterocycles. The Kier molecular flexibility index (Phi) is 6.28. The molecule has 0 saturated heterocycles. The van der Waals surface area contributed by atoms with Crippen molar-refractivity contribution >= 4 is 14.6 Å². The first kappa shape index (κ1) is 17.8. The highest BCUT2D eigenvalue weighted by molar-refractivity contribution is 6.74. The second kappa shape index (κ2) is 6.33. The van der Waals surface area contributed by atoms with Gasteiger partial charge in [0.15, 0.2) is 8.32 Å². The predicted molar refractivity (Wildman–Crippen MR) is 81.4 cm³/mol. The minimum absolute atomic E-state index is 0.189. The molecular weight excluding hydrogens is 240 g/mol. The first-order valence-electron chi connectivity index (χ1n) is 7.01. The van der Waals surface area contributed by atoms with Gasteiger partial charge in [-0.1, -0.05) is 41.5 Å². The highest BCUT2D eigenvalue weighted by Gasteiger charge is 2.37. The molecule has 0 spiro atoms. The van der Waals surface area contributed by atoms with Crippen LogP contribution in [0.15, 0.2) is 0 Å². The lowest BCUT2D eigenvalue weighted by Gasteiger charge is -2.37. The second-order valence-electron chi connectivity index (χ2n) is 7.82. The fraction of sp³-hybridized carbons (Fsp3) is 0.933. The van der Waals surface area contributed by atoms with Crippen LogP contribution in [-0.2, 0) is 9.22 Å². The third-order valence-corrected chi connectivity index (χ3v) is 8.64. The van der Waals surface area contributed by atoms with Crippen LogP contribution in [0.4, 0.5) is 0 Å². The van der Waals surface area contributed by atoms with Gasteiger partial charge >= 0.3 is 0 Å². The van der Waals surface area contributed by atoms with E-state index < -0.39 is 8.32 Å². The van der Waals surface area contributed by atoms with Crippen molar-refractivity contribution in [2.75, 3.05) is 6.61 Å². The number of aldehydes is 1. The summed E-state index contributed by atoms with van der Waals surface area (Å²) in [5.74, 6) is 0.526. The van der Waals surface area contributed by atoms with Crippen molar-refractivity contribution in [3.8, 4) is 0 Å². The Morgan fingerprint density at radius 1 is 1.17 bits per heavy atom. The molecule has 1 unspecified atom stereocenters. The zero-order valence-electron chi connectivity index (χ0n) is 13.6. The fourth-order valence-corrected chi connectivity index (χ4v) is 2.46. The van der Waals surface area contributed by atoms with Gasteiger partial charge in [0, 0.05) is 12.0 Å². The first-order valence-corrected chi connectivity index (χ1v) is 9.92. The highest BCUT2D eigenvalue weighted by Crippen LogP contribution is 2.37. The molecule has 0 rings (SSSR count). The molecule has 108 valence electrons. The molecular formula is C15H32O2Si. The van der Waals surface area contributed by atoms with Crippen LogP contribution in [0.5, 0.6) is 0 Å². The summed E-state index contributed by atoms with van der Waals surface area (Å²) in [5, 5.41) is 0.273. The smallest absolute Gasteiger partial charge is 0.191 e. The Bertz CT molecular complexity index is 264. The summed E-state index contributed by atoms with van der Waals surface area (Å²) in [4.78, 5) is 10.9. The quantitative estimate of drug-likeness (QED) is 0.498. The number of hydrogen-bond acceptors (Lipinski definition) is 2. The maximum Gasteiger partial charge on any atom is 0.191 e. The number of carbonyl (C=O) groups is 1. The van der Waals surface area contributed by atoms with E-state index in [2.05, 4.69) is 40.8 Å². The summed E-state index contributed by atoms with van der Waals surface area (Å²) < 4.78 is 6.21. The summed E-state index contributed by atoms with van der Waals surface area (Å²) in [6.45, 7) is 18.4. The Balaban J connectivity index is 4.13. The van der Waals surface area contributed by atoms with Crippen molar-refractivity contribution in [1.82, 2.24) is 0 Å². The average Bonchev–Trinajstić information content (AvgIpc) is 2.22. The van der Waals surface area contributed by atoms with Crippen molar-refractivity contribution < 1.29 is 9.22 Å². The molecule has 0 N–H and O–H groups in total. The van der Waals surface area contributed by atoms with E-state index in [0.717, 1.165) is 25.7 Å². The molecule has 0 fully saturated rings. The molecule has 3 heteroatoms. The monoisotopic (exact) mass is 272 g/mol. The Morgan fingerprint density at radius 3 is 2.06 bits per heavy atom. The van der Waals surface area contributed by atoms with Gasteiger partial charge in [0.25, 0.3) is 0 Å². The van der Waals surface area contributed by atoms with Gasteiger partial charge in [-0.05, 0) is 36.9 Å². The van der Waals surface area contributed by atoms with E-state index in [9.17, 15) is 4.79 Å². The molecule has 18 heavy (non-hydrogen) atoms. The molecule has 0 aliphatic carbocycles. The van der Waals surface area contributed by atoms with Crippen LogP contribution in [0.25, 0.3) is 0 Å². The minimum Gasteiger partial charge on any atom is -0.417 e. The second-order valence-corrected chi connectivity index (χ2v) is 12.6. The van der Waals surface area contributed by atoms with Crippen molar-refractivity contribution in [2.45, 2.75) is 72.5 Å². The molecule has 0 heterocycles. The molecule has 1 atom stereocenters. The molecule has 0 saturated carbocycles. The van der Waals surface area contributed by atoms with E-state index in [1.165, 1.54) is 0 Å². The summed E-state index contributed by atoms with van der Waals surface area (Å²) >= 11 is 0. The van der Waals surface area contributed by atoms with E-state index >= 15 is 0 Å². The van der Waals surface area contributed by atoms with Crippen LogP contribution in [0, 0.1) is 11.3 Å². The molecule has 0 aromatic rings. The molecule has 0 aliphatic rings. The maximum atomic E-state index is 10.9. The largest absolute Gasteiger partial charge is 0.417 e. The lowest BCUT2D eigenvalue weighted by molar-refractivity contribution is -0.115. The van der Waals surface area contributed by atoms with Crippen LogP contribution in [-0.4, -0.2) is 21.2 Å². The Labute approximate surface area is 115 Å². The molecule has 0 amide bonds. The lowest BCUT2D eigenvalue weighted by atomic mass is 9.87. The summed E-state index contributed by atoms with van der Waals surface area (Å²) in [6, 6.07) is 0. The maximum absolute atomic E-state index is 10.9. The van der Waals surface area contributed by atoms with Crippen LogP contribution < -0.4 is 0 Å². The van der Waals surface area contributed by atoms with E-state index in [1.807, 2.05) is 13.8 Å². The Hall–Kier alpha value is -0.153. The topological polar surface area (TPSA) is 26.3 Å². The van der Waals surface area contributed by atoms with Gasteiger partial charge in [-0.25, -0.2) is 0 Å². The van der Waals surface area contributed by atoms with Gasteiger partial charge in [-0.3, -0.25) is 0 Å². The summed E-state index contributed by atoms with van der Waals surface area (Å²) in [7, 11) is -1.62. The van der Waals surface area contributed by atoms with Gasteiger partial charge in [-0.2, -0.15) is 0 Å². The Morgan fingerprint density at radius 2 is 1.67 bits per heavy atom. The van der Waals surface area contributed by atoms with Crippen LogP contribution >= 0.6 is 0 Å². The predicted octanol–water partition coefficient (Wildman–Crippen LogP) is 4.65. The van der Waals surface area contributed by atoms with Crippen LogP contribution in [0.1, 0.15) is 54.4 Å². The van der Waals surface area contributed by atoms with E-state index in [0.29, 0.717) is 5.92 Å². The SMILES string of the molecule is CC(CCC(C)(C)C=O)CO[Si](C)(C)C(C)(C)C. The first-order chi connectivity index (χ1) is 7.91. The van der Waals surface area contributed by atoms with Crippen LogP contribution in [0.2, 0.25) is 18.1 Å². The number of hydrogen-bond donors (Lipinski definition) is 0. The van der Waals surface area contributed by atoms with E-state index in [-0.39, 0.29) is 10.5 Å². The van der Waals surface area contributed by atoms with Crippen molar-refractivity contribution in [2.24, 2.45) is 11.3 Å². The van der Waals surface area contributed by atoms with Gasteiger partial charge < -0.3 is 9.22 Å². The molecule has 0 bridgehead atoms. The number of rotatable bonds is 7. The molecule has 2 nitrogen and oxygen atoms in total. The molecule has 0 aromatic heterocycles. The highest BCUT2D eigenvalue weighted by atomic mass is 28.4. The normalized spacial score (nSPS) is 15.6. The molecule has 0 aromatic carbocycles. The standard InChI is InChI=1S/C15H32O2Si/c1-13(9-10-15(5,6)12-16)11-17-18(7,8)14(2,3)4/h12-13H,9-11H2,1-8H3. The lowest BCUT2D eigenvalue weighted by Crippen LogP contribution is -2.41. The van der Waals surface area contributed by atoms with E-state index in [1.54, 1.807) is 0 Å². The summed E-state index contributed by atoms with van der Waals surface area (Å²) in [5.41, 5.74) is -0.189. The number of carbonyl (C=O) groups excluding carboxylic acids is 1. The van der Waals surface area contributed by atoms with Crippen molar-refractivity contribution in [3.05, 3.63) is 0 Å². The van der Waals surface area contributed by atoms with Crippen molar-refractivity contribution in [3.63, 3.8) is 0 Å². The van der Waals surface area contributed by atoms with Gasteiger partial charge in [0.05, 0.1) is 0 Å². The third-order valence-electron chi connectivity index (χ3n) is 4.14. The van der Waals surface area contributed by atoms with Gasteiger partial charge in [0.1, 0.15) is 6.29 Å². The van der Waals surface area contributed by atoms with E-state index in [4.69, 9.17) is 4.43 Å². The summed E-state index contributed by atoms with van der Waals surface area (Å²) in [6.07, 6.45) is 3.06. The fourth-order valence-electron chi connectivity index (χ4n) is 1.33. The van der Waals surface area contributed by atoms with Crippen molar-refractivity contribution in [1.29, 1.82) is 0 Å². The van der Waals surface area contributed by atoms with Gasteiger partial charge in [-0.15, -0.1) is 0 Å².